The van der Waals surface area contributed by atoms with Gasteiger partial charge in [-0.2, -0.15) is 0 Å². The number of ether oxygens (including phenoxy) is 1. The fourth-order valence-corrected chi connectivity index (χ4v) is 1.84. The van der Waals surface area contributed by atoms with Gasteiger partial charge in [-0.1, -0.05) is 18.2 Å². The lowest BCUT2D eigenvalue weighted by Crippen LogP contribution is -1.93. The van der Waals surface area contributed by atoms with Crippen molar-refractivity contribution in [2.45, 2.75) is 6.10 Å². The molecule has 2 nitrogen and oxygen atoms in total. The molecule has 0 amide bonds. The minimum atomic E-state index is 0.345. The number of benzene rings is 1. The van der Waals surface area contributed by atoms with Gasteiger partial charge in [0.2, 0.25) is 0 Å². The molecule has 0 N–H and O–H groups in total. The van der Waals surface area contributed by atoms with Crippen molar-refractivity contribution in [2.24, 2.45) is 7.05 Å². The summed E-state index contributed by atoms with van der Waals surface area (Å²) >= 11 is 0. The second-order valence-corrected chi connectivity index (χ2v) is 3.51. The summed E-state index contributed by atoms with van der Waals surface area (Å²) in [5, 5.41) is 1.30. The maximum Gasteiger partial charge on any atom is 0.121 e. The van der Waals surface area contributed by atoms with Gasteiger partial charge in [-0.05, 0) is 17.5 Å². The van der Waals surface area contributed by atoms with Crippen LogP contribution < -0.4 is 0 Å². The van der Waals surface area contributed by atoms with E-state index in [1.165, 1.54) is 16.6 Å². The fraction of sp³-hybridized carbons (Fsp3) is 0.273. The van der Waals surface area contributed by atoms with Crippen molar-refractivity contribution in [3.63, 3.8) is 0 Å². The normalized spacial score (nSPS) is 20.8. The minimum absolute atomic E-state index is 0.345. The number of fused-ring (bicyclic) bond motifs is 1. The zero-order valence-corrected chi connectivity index (χ0v) is 7.53. The molecule has 1 atom stereocenters. The van der Waals surface area contributed by atoms with Crippen LogP contribution >= 0.6 is 0 Å². The molecular formula is C11H11NO. The third-order valence-corrected chi connectivity index (χ3v) is 2.65. The average Bonchev–Trinajstić information content (AvgIpc) is 2.94. The molecule has 2 aromatic rings. The molecule has 1 fully saturated rings. The van der Waals surface area contributed by atoms with E-state index < -0.39 is 0 Å². The summed E-state index contributed by atoms with van der Waals surface area (Å²) < 4.78 is 7.50. The number of rotatable bonds is 1. The largest absolute Gasteiger partial charge is 0.366 e. The highest BCUT2D eigenvalue weighted by Gasteiger charge is 2.27. The average molecular weight is 173 g/mol. The van der Waals surface area contributed by atoms with Gasteiger partial charge >= 0.3 is 0 Å². The Labute approximate surface area is 76.7 Å². The van der Waals surface area contributed by atoms with Gasteiger partial charge in [0.25, 0.3) is 0 Å². The third kappa shape index (κ3) is 0.988. The zero-order valence-electron chi connectivity index (χ0n) is 7.53. The minimum Gasteiger partial charge on any atom is -0.366 e. The summed E-state index contributed by atoms with van der Waals surface area (Å²) in [5.74, 6) is 0. The number of epoxide rings is 1. The van der Waals surface area contributed by atoms with Gasteiger partial charge in [0.05, 0.1) is 6.61 Å². The molecule has 0 spiro atoms. The molecule has 1 saturated heterocycles. The molecule has 0 unspecified atom stereocenters. The van der Waals surface area contributed by atoms with Gasteiger partial charge in [0.1, 0.15) is 6.10 Å². The van der Waals surface area contributed by atoms with Gasteiger partial charge in [-0.15, -0.1) is 0 Å². The first-order chi connectivity index (χ1) is 6.36. The van der Waals surface area contributed by atoms with Crippen LogP contribution in [0.4, 0.5) is 0 Å². The van der Waals surface area contributed by atoms with E-state index in [9.17, 15) is 0 Å². The van der Waals surface area contributed by atoms with E-state index in [2.05, 4.69) is 41.9 Å². The van der Waals surface area contributed by atoms with Gasteiger partial charge in [0, 0.05) is 18.3 Å². The Balaban J connectivity index is 2.30. The topological polar surface area (TPSA) is 17.5 Å². The van der Waals surface area contributed by atoms with E-state index in [0.29, 0.717) is 6.10 Å². The van der Waals surface area contributed by atoms with Crippen molar-refractivity contribution < 1.29 is 4.74 Å². The van der Waals surface area contributed by atoms with Crippen LogP contribution in [-0.2, 0) is 11.8 Å². The number of hydrogen-bond acceptors (Lipinski definition) is 1. The summed E-state index contributed by atoms with van der Waals surface area (Å²) in [7, 11) is 2.10. The fourth-order valence-electron chi connectivity index (χ4n) is 1.84. The molecule has 13 heavy (non-hydrogen) atoms. The number of hydrogen-bond donors (Lipinski definition) is 0. The lowest BCUT2D eigenvalue weighted by atomic mass is 10.2. The molecule has 0 saturated carbocycles. The van der Waals surface area contributed by atoms with E-state index in [-0.39, 0.29) is 0 Å². The van der Waals surface area contributed by atoms with Gasteiger partial charge in [-0.25, -0.2) is 0 Å². The summed E-state index contributed by atoms with van der Waals surface area (Å²) in [6.45, 7) is 0.879. The SMILES string of the molecule is Cn1c([C@H]2CO2)cc2ccccc21. The molecule has 66 valence electrons. The van der Waals surface area contributed by atoms with E-state index in [1.54, 1.807) is 0 Å². The second-order valence-electron chi connectivity index (χ2n) is 3.51. The summed E-state index contributed by atoms with van der Waals surface area (Å²) in [6, 6.07) is 10.6. The predicted octanol–water partition coefficient (Wildman–Crippen LogP) is 2.25. The maximum atomic E-state index is 5.28. The lowest BCUT2D eigenvalue weighted by molar-refractivity contribution is 0.407. The summed E-state index contributed by atoms with van der Waals surface area (Å²) in [5.41, 5.74) is 2.58. The van der Waals surface area contributed by atoms with Crippen LogP contribution in [0.1, 0.15) is 11.8 Å². The molecule has 2 heterocycles. The van der Waals surface area contributed by atoms with E-state index >= 15 is 0 Å². The van der Waals surface area contributed by atoms with Crippen LogP contribution in [0.15, 0.2) is 30.3 Å². The Morgan fingerprint density at radius 3 is 2.85 bits per heavy atom. The lowest BCUT2D eigenvalue weighted by Gasteiger charge is -1.99. The highest BCUT2D eigenvalue weighted by atomic mass is 16.6. The number of nitrogens with zero attached hydrogens (tertiary/aromatic N) is 1. The van der Waals surface area contributed by atoms with Crippen molar-refractivity contribution in [3.05, 3.63) is 36.0 Å². The Kier molecular flexibility index (Phi) is 1.30. The monoisotopic (exact) mass is 173 g/mol. The van der Waals surface area contributed by atoms with Crippen molar-refractivity contribution in [1.82, 2.24) is 4.57 Å². The quantitative estimate of drug-likeness (QED) is 0.604. The second kappa shape index (κ2) is 2.36. The first-order valence-corrected chi connectivity index (χ1v) is 4.52. The Morgan fingerprint density at radius 2 is 2.15 bits per heavy atom. The standard InChI is InChI=1S/C11H11NO/c1-12-9-5-3-2-4-8(9)6-10(12)11-7-13-11/h2-6,11H,7H2,1H3/t11-/m1/s1. The van der Waals surface area contributed by atoms with Crippen LogP contribution in [0.3, 0.4) is 0 Å². The van der Waals surface area contributed by atoms with Crippen LogP contribution in [0.25, 0.3) is 10.9 Å². The molecule has 1 aliphatic heterocycles. The number of para-hydroxylation sites is 1. The van der Waals surface area contributed by atoms with Crippen LogP contribution in [0.2, 0.25) is 0 Å². The Hall–Kier alpha value is -1.28. The van der Waals surface area contributed by atoms with Gasteiger partial charge in [0.15, 0.2) is 0 Å². The highest BCUT2D eigenvalue weighted by Crippen LogP contribution is 2.33. The molecule has 1 aliphatic rings. The summed E-state index contributed by atoms with van der Waals surface area (Å²) in [6.07, 6.45) is 0.345. The van der Waals surface area contributed by atoms with Crippen molar-refractivity contribution in [1.29, 1.82) is 0 Å². The molecule has 1 aromatic heterocycles. The van der Waals surface area contributed by atoms with Gasteiger partial charge < -0.3 is 9.30 Å². The van der Waals surface area contributed by atoms with E-state index in [1.807, 2.05) is 0 Å². The molecule has 2 heteroatoms. The number of aromatic nitrogens is 1. The Morgan fingerprint density at radius 1 is 1.38 bits per heavy atom. The third-order valence-electron chi connectivity index (χ3n) is 2.65. The molecule has 0 aliphatic carbocycles. The highest BCUT2D eigenvalue weighted by molar-refractivity contribution is 5.81. The maximum absolute atomic E-state index is 5.28. The van der Waals surface area contributed by atoms with Crippen LogP contribution in [-0.4, -0.2) is 11.2 Å². The van der Waals surface area contributed by atoms with Crippen LogP contribution in [0.5, 0.6) is 0 Å². The first-order valence-electron chi connectivity index (χ1n) is 4.52. The zero-order chi connectivity index (χ0) is 8.84. The molecule has 0 radical (unpaired) electrons. The van der Waals surface area contributed by atoms with E-state index in [0.717, 1.165) is 6.61 Å². The molecule has 3 rings (SSSR count). The molecule has 0 bridgehead atoms. The smallest absolute Gasteiger partial charge is 0.121 e. The van der Waals surface area contributed by atoms with E-state index in [4.69, 9.17) is 4.74 Å². The van der Waals surface area contributed by atoms with Crippen LogP contribution in [0, 0.1) is 0 Å². The predicted molar refractivity (Wildman–Crippen MR) is 51.6 cm³/mol. The first kappa shape index (κ1) is 7.15. The summed E-state index contributed by atoms with van der Waals surface area (Å²) in [4.78, 5) is 0. The number of aryl methyl sites for hydroxylation is 1. The van der Waals surface area contributed by atoms with Crippen molar-refractivity contribution >= 4 is 10.9 Å². The molecular weight excluding hydrogens is 162 g/mol. The van der Waals surface area contributed by atoms with Gasteiger partial charge in [-0.3, -0.25) is 0 Å². The van der Waals surface area contributed by atoms with Crippen molar-refractivity contribution in [2.75, 3.05) is 6.61 Å². The van der Waals surface area contributed by atoms with Crippen molar-refractivity contribution in [3.8, 4) is 0 Å². The Bertz CT molecular complexity index is 454. The molecule has 1 aromatic carbocycles.